The highest BCUT2D eigenvalue weighted by atomic mass is 32.1. The number of hydrogen-bond acceptors (Lipinski definition) is 6. The molecule has 5 nitrogen and oxygen atoms in total. The Balaban J connectivity index is 2.21. The van der Waals surface area contributed by atoms with Crippen LogP contribution in [0.1, 0.15) is 35.3 Å². The van der Waals surface area contributed by atoms with Gasteiger partial charge in [0.05, 0.1) is 25.5 Å². The summed E-state index contributed by atoms with van der Waals surface area (Å²) in [6.45, 7) is 4.27. The second-order valence-corrected chi connectivity index (χ2v) is 5.64. The highest BCUT2D eigenvalue weighted by Crippen LogP contribution is 2.28. The predicted molar refractivity (Wildman–Crippen MR) is 78.9 cm³/mol. The van der Waals surface area contributed by atoms with Gasteiger partial charge in [-0.3, -0.25) is 4.98 Å². The zero-order valence-corrected chi connectivity index (χ0v) is 12.5. The molecule has 2 aromatic heterocycles. The maximum atomic E-state index is 11.5. The van der Waals surface area contributed by atoms with Gasteiger partial charge >= 0.3 is 5.97 Å². The molecule has 0 fully saturated rings. The third-order valence-electron chi connectivity index (χ3n) is 2.85. The van der Waals surface area contributed by atoms with E-state index in [4.69, 9.17) is 0 Å². The third kappa shape index (κ3) is 3.33. The van der Waals surface area contributed by atoms with Gasteiger partial charge in [-0.1, -0.05) is 19.9 Å². The number of rotatable bonds is 5. The van der Waals surface area contributed by atoms with Crippen molar-refractivity contribution >= 4 is 23.1 Å². The Morgan fingerprint density at radius 2 is 2.20 bits per heavy atom. The summed E-state index contributed by atoms with van der Waals surface area (Å²) in [5.41, 5.74) is 0.200. The summed E-state index contributed by atoms with van der Waals surface area (Å²) in [5, 5.41) is 5.37. The highest BCUT2D eigenvalue weighted by molar-refractivity contribution is 7.10. The van der Waals surface area contributed by atoms with E-state index in [0.29, 0.717) is 11.7 Å². The summed E-state index contributed by atoms with van der Waals surface area (Å²) in [6.07, 6.45) is 3.00. The first-order chi connectivity index (χ1) is 9.61. The van der Waals surface area contributed by atoms with Crippen LogP contribution in [0.4, 0.5) is 5.82 Å². The molecular formula is C14H17N3O2S. The van der Waals surface area contributed by atoms with Crippen molar-refractivity contribution in [2.45, 2.75) is 19.9 Å². The zero-order valence-electron chi connectivity index (χ0n) is 11.7. The van der Waals surface area contributed by atoms with E-state index < -0.39 is 5.97 Å². The molecule has 0 amide bonds. The molecule has 0 aromatic carbocycles. The van der Waals surface area contributed by atoms with E-state index in [9.17, 15) is 4.79 Å². The van der Waals surface area contributed by atoms with Crippen molar-refractivity contribution in [3.05, 3.63) is 40.5 Å². The standard InChI is InChI=1S/C14H17N3O2S/c1-9(2)13(11-5-4-6-20-11)17-12-8-15-7-10(16-12)14(18)19-3/h4-9,13H,1-3H3,(H,16,17). The minimum atomic E-state index is -0.488. The molecule has 106 valence electrons. The number of ether oxygens (including phenoxy) is 1. The second-order valence-electron chi connectivity index (χ2n) is 4.66. The van der Waals surface area contributed by atoms with Gasteiger partial charge in [-0.15, -0.1) is 11.3 Å². The van der Waals surface area contributed by atoms with E-state index >= 15 is 0 Å². The minimum Gasteiger partial charge on any atom is -0.464 e. The lowest BCUT2D eigenvalue weighted by atomic mass is 10.0. The molecule has 0 aliphatic carbocycles. The lowest BCUT2D eigenvalue weighted by molar-refractivity contribution is 0.0593. The maximum Gasteiger partial charge on any atom is 0.358 e. The summed E-state index contributed by atoms with van der Waals surface area (Å²) < 4.78 is 4.65. The maximum absolute atomic E-state index is 11.5. The quantitative estimate of drug-likeness (QED) is 0.857. The Morgan fingerprint density at radius 3 is 2.80 bits per heavy atom. The van der Waals surface area contributed by atoms with E-state index in [1.165, 1.54) is 18.2 Å². The fourth-order valence-corrected chi connectivity index (χ4v) is 2.78. The molecule has 0 aliphatic heterocycles. The van der Waals surface area contributed by atoms with Crippen LogP contribution in [0.5, 0.6) is 0 Å². The van der Waals surface area contributed by atoms with Crippen molar-refractivity contribution in [1.82, 2.24) is 9.97 Å². The fraction of sp³-hybridized carbons (Fsp3) is 0.357. The minimum absolute atomic E-state index is 0.136. The number of thiophene rings is 1. The van der Waals surface area contributed by atoms with Crippen molar-refractivity contribution in [2.75, 3.05) is 12.4 Å². The Kier molecular flexibility index (Phi) is 4.68. The van der Waals surface area contributed by atoms with Gasteiger partial charge in [0.1, 0.15) is 5.82 Å². The van der Waals surface area contributed by atoms with Crippen molar-refractivity contribution in [1.29, 1.82) is 0 Å². The lowest BCUT2D eigenvalue weighted by Crippen LogP contribution is -2.17. The Labute approximate surface area is 122 Å². The number of anilines is 1. The number of carbonyl (C=O) groups is 1. The van der Waals surface area contributed by atoms with Crippen LogP contribution in [0.15, 0.2) is 29.9 Å². The molecular weight excluding hydrogens is 274 g/mol. The fourth-order valence-electron chi connectivity index (χ4n) is 1.83. The molecule has 0 aliphatic rings. The molecule has 0 saturated heterocycles. The predicted octanol–water partition coefficient (Wildman–Crippen LogP) is 3.13. The first kappa shape index (κ1) is 14.5. The van der Waals surface area contributed by atoms with Gasteiger partial charge in [0.2, 0.25) is 0 Å². The van der Waals surface area contributed by atoms with Crippen LogP contribution in [-0.2, 0) is 4.74 Å². The molecule has 0 spiro atoms. The van der Waals surface area contributed by atoms with E-state index in [1.807, 2.05) is 11.4 Å². The SMILES string of the molecule is COC(=O)c1cncc(NC(c2cccs2)C(C)C)n1. The van der Waals surface area contributed by atoms with Gasteiger partial charge in [-0.25, -0.2) is 9.78 Å². The van der Waals surface area contributed by atoms with Crippen LogP contribution in [0.3, 0.4) is 0 Å². The molecule has 1 unspecified atom stereocenters. The Morgan fingerprint density at radius 1 is 1.40 bits per heavy atom. The third-order valence-corrected chi connectivity index (χ3v) is 3.80. The topological polar surface area (TPSA) is 64.1 Å². The van der Waals surface area contributed by atoms with Crippen LogP contribution < -0.4 is 5.32 Å². The summed E-state index contributed by atoms with van der Waals surface area (Å²) in [6, 6.07) is 4.24. The Bertz CT molecular complexity index is 570. The molecule has 6 heteroatoms. The van der Waals surface area contributed by atoms with Crippen molar-refractivity contribution < 1.29 is 9.53 Å². The van der Waals surface area contributed by atoms with Crippen molar-refractivity contribution in [3.8, 4) is 0 Å². The Hall–Kier alpha value is -1.95. The van der Waals surface area contributed by atoms with E-state index in [1.54, 1.807) is 17.5 Å². The monoisotopic (exact) mass is 291 g/mol. The van der Waals surface area contributed by atoms with Crippen molar-refractivity contribution in [2.24, 2.45) is 5.92 Å². The van der Waals surface area contributed by atoms with Gasteiger partial charge < -0.3 is 10.1 Å². The average molecular weight is 291 g/mol. The molecule has 2 heterocycles. The molecule has 0 bridgehead atoms. The summed E-state index contributed by atoms with van der Waals surface area (Å²) >= 11 is 1.69. The van der Waals surface area contributed by atoms with Crippen LogP contribution >= 0.6 is 11.3 Å². The first-order valence-corrected chi connectivity index (χ1v) is 7.20. The molecule has 20 heavy (non-hydrogen) atoms. The molecule has 2 aromatic rings. The van der Waals surface area contributed by atoms with Crippen LogP contribution in [0, 0.1) is 5.92 Å². The lowest BCUT2D eigenvalue weighted by Gasteiger charge is -2.21. The smallest absolute Gasteiger partial charge is 0.358 e. The summed E-state index contributed by atoms with van der Waals surface area (Å²) in [4.78, 5) is 20.9. The van der Waals surface area contributed by atoms with Gasteiger partial charge in [0.25, 0.3) is 0 Å². The van der Waals surface area contributed by atoms with Gasteiger partial charge in [-0.2, -0.15) is 0 Å². The highest BCUT2D eigenvalue weighted by Gasteiger charge is 2.18. The normalized spacial score (nSPS) is 12.2. The van der Waals surface area contributed by atoms with Crippen molar-refractivity contribution in [3.63, 3.8) is 0 Å². The number of aromatic nitrogens is 2. The number of nitrogens with one attached hydrogen (secondary N) is 1. The molecule has 1 atom stereocenters. The number of nitrogens with zero attached hydrogens (tertiary/aromatic N) is 2. The first-order valence-electron chi connectivity index (χ1n) is 6.32. The van der Waals surface area contributed by atoms with E-state index in [-0.39, 0.29) is 11.7 Å². The molecule has 2 rings (SSSR count). The molecule has 0 saturated carbocycles. The largest absolute Gasteiger partial charge is 0.464 e. The van der Waals surface area contributed by atoms with Gasteiger partial charge in [-0.05, 0) is 17.4 Å². The molecule has 1 N–H and O–H groups in total. The number of esters is 1. The number of methoxy groups -OCH3 is 1. The number of carbonyl (C=O) groups excluding carboxylic acids is 1. The van der Waals surface area contributed by atoms with Crippen LogP contribution in [-0.4, -0.2) is 23.0 Å². The van der Waals surface area contributed by atoms with Crippen LogP contribution in [0.25, 0.3) is 0 Å². The number of hydrogen-bond donors (Lipinski definition) is 1. The second kappa shape index (κ2) is 6.47. The zero-order chi connectivity index (χ0) is 14.5. The average Bonchev–Trinajstić information content (AvgIpc) is 2.97. The summed E-state index contributed by atoms with van der Waals surface area (Å²) in [5.74, 6) is 0.468. The van der Waals surface area contributed by atoms with Crippen LogP contribution in [0.2, 0.25) is 0 Å². The van der Waals surface area contributed by atoms with Gasteiger partial charge in [0.15, 0.2) is 5.69 Å². The molecule has 0 radical (unpaired) electrons. The van der Waals surface area contributed by atoms with E-state index in [0.717, 1.165) is 0 Å². The summed E-state index contributed by atoms with van der Waals surface area (Å²) in [7, 11) is 1.33. The van der Waals surface area contributed by atoms with E-state index in [2.05, 4.69) is 39.9 Å². The van der Waals surface area contributed by atoms with Gasteiger partial charge in [0, 0.05) is 4.88 Å².